The second kappa shape index (κ2) is 17.4. The molecule has 15 heavy (non-hydrogen) atoms. The molecule has 0 unspecified atom stereocenters. The second-order valence-electron chi connectivity index (χ2n) is 2.06. The van der Waals surface area contributed by atoms with E-state index in [0.717, 1.165) is 26.2 Å². The Morgan fingerprint density at radius 2 is 1.80 bits per heavy atom. The zero-order chi connectivity index (χ0) is 9.40. The number of rotatable bonds is 1. The van der Waals surface area contributed by atoms with Crippen molar-refractivity contribution in [1.82, 2.24) is 4.81 Å². The van der Waals surface area contributed by atoms with Gasteiger partial charge in [0.05, 0.1) is 0 Å². The van der Waals surface area contributed by atoms with Crippen molar-refractivity contribution in [2.75, 3.05) is 26.2 Å². The Balaban J connectivity index is -0.0000000701. The molecule has 1 saturated heterocycles. The van der Waals surface area contributed by atoms with E-state index in [1.54, 1.807) is 4.81 Å². The Hall–Kier alpha value is 0.977. The van der Waals surface area contributed by atoms with Gasteiger partial charge in [0.1, 0.15) is 0 Å². The van der Waals surface area contributed by atoms with E-state index in [2.05, 4.69) is 17.3 Å². The molecule has 0 aliphatic carbocycles. The van der Waals surface area contributed by atoms with Gasteiger partial charge in [0.15, 0.2) is 7.98 Å². The normalized spacial score (nSPS) is 13.9. The first kappa shape index (κ1) is 25.0. The van der Waals surface area contributed by atoms with Crippen LogP contribution in [0.2, 0.25) is 0 Å². The first-order valence-electron chi connectivity index (χ1n) is 3.36. The Kier molecular flexibility index (Phi) is 28.9. The summed E-state index contributed by atoms with van der Waals surface area (Å²) in [5.41, 5.74) is 0. The summed E-state index contributed by atoms with van der Waals surface area (Å²) < 4.78 is 0. The third kappa shape index (κ3) is 20.9. The third-order valence-electron chi connectivity index (χ3n) is 1.20. The van der Waals surface area contributed by atoms with Crippen LogP contribution in [0.25, 0.3) is 5.32 Å². The zero-order valence-corrected chi connectivity index (χ0v) is 14.4. The van der Waals surface area contributed by atoms with Gasteiger partial charge in [-0.2, -0.15) is 7.11 Å². The van der Waals surface area contributed by atoms with Crippen molar-refractivity contribution < 1.29 is 63.7 Å². The molecular weight excluding hydrogens is 446 g/mol. The molecule has 1 aliphatic rings. The van der Waals surface area contributed by atoms with Crippen LogP contribution < -0.4 is 0 Å². The molecule has 0 aromatic rings. The summed E-state index contributed by atoms with van der Waals surface area (Å²) in [5.74, 6) is 0. The van der Waals surface area contributed by atoms with Crippen LogP contribution in [0.1, 0.15) is 0 Å². The van der Waals surface area contributed by atoms with Crippen LogP contribution in [-0.2, 0) is 58.6 Å². The minimum atomic E-state index is -0.986. The number of hydrogen-bond acceptors (Lipinski definition) is 4. The van der Waals surface area contributed by atoms with Gasteiger partial charge in [-0.3, -0.25) is 0 Å². The van der Waals surface area contributed by atoms with Crippen molar-refractivity contribution in [3.8, 4) is 0 Å². The smallest absolute Gasteiger partial charge is 0.660 e. The summed E-state index contributed by atoms with van der Waals surface area (Å²) in [6.45, 7) is 3.69. The van der Waals surface area contributed by atoms with Crippen LogP contribution in [-0.4, -0.2) is 44.1 Å². The van der Waals surface area contributed by atoms with Gasteiger partial charge in [-0.15, -0.1) is 23.2 Å². The van der Waals surface area contributed by atoms with E-state index >= 15 is 0 Å². The van der Waals surface area contributed by atoms with Crippen LogP contribution in [0.5, 0.6) is 0 Å². The molecule has 1 fully saturated rings. The van der Waals surface area contributed by atoms with Gasteiger partial charge in [-0.25, -0.2) is 0 Å². The zero-order valence-electron chi connectivity index (χ0n) is 8.66. The van der Waals surface area contributed by atoms with Gasteiger partial charge in [-0.1, -0.05) is 0 Å². The van der Waals surface area contributed by atoms with Gasteiger partial charge < -0.3 is 22.4 Å². The van der Waals surface area contributed by atoms with Crippen molar-refractivity contribution in [2.45, 2.75) is 0 Å². The fourth-order valence-corrected chi connectivity index (χ4v) is 0.622. The molecule has 0 amide bonds. The van der Waals surface area contributed by atoms with Gasteiger partial charge >= 0.3 is 21.1 Å². The fourth-order valence-electron chi connectivity index (χ4n) is 0.622. The minimum absolute atomic E-state index is 0. The van der Waals surface area contributed by atoms with E-state index in [9.17, 15) is 0 Å². The molecule has 0 spiro atoms. The van der Waals surface area contributed by atoms with E-state index in [-0.39, 0.29) is 61.2 Å². The summed E-state index contributed by atoms with van der Waals surface area (Å²) in [5, 5.41) is 12.0. The van der Waals surface area contributed by atoms with Crippen LogP contribution in [0.4, 0.5) is 0 Å². The van der Waals surface area contributed by atoms with Crippen molar-refractivity contribution in [3.63, 3.8) is 0 Å². The summed E-state index contributed by atoms with van der Waals surface area (Å²) in [6, 6.07) is 0. The Morgan fingerprint density at radius 1 is 1.47 bits per heavy atom. The molecular formula is C6H13BN3O3WY-. The number of piperazine rings is 1. The largest absolute Gasteiger partial charge is 2.00 e. The predicted octanol–water partition coefficient (Wildman–Crippen LogP) is 0.191. The topological polar surface area (TPSA) is 69.7 Å². The maximum atomic E-state index is 8.89. The van der Waals surface area contributed by atoms with Crippen LogP contribution in [0.15, 0.2) is 0 Å². The predicted molar refractivity (Wildman–Crippen MR) is 50.3 cm³/mol. The van der Waals surface area contributed by atoms with Gasteiger partial charge in [0.2, 0.25) is 0 Å². The van der Waals surface area contributed by atoms with E-state index in [1.807, 2.05) is 0 Å². The van der Waals surface area contributed by atoms with E-state index in [4.69, 9.17) is 18.1 Å². The Bertz CT molecular complexity index is 141. The summed E-state index contributed by atoms with van der Waals surface area (Å²) in [4.78, 5) is 13.9. The maximum Gasteiger partial charge on any atom is 2.00 e. The second-order valence-corrected chi connectivity index (χ2v) is 2.06. The molecule has 0 aromatic carbocycles. The van der Waals surface area contributed by atoms with Gasteiger partial charge in [0, 0.05) is 32.7 Å². The quantitative estimate of drug-likeness (QED) is 0.243. The Morgan fingerprint density at radius 3 is 1.93 bits per heavy atom. The molecule has 1 heterocycles. The SMILES string of the molecule is [B]N1CC[N-]CC1.[CH2-]O[N+](=O)[O-].[CH3-].[W+2].[Y]. The van der Waals surface area contributed by atoms with E-state index in [0.29, 0.717) is 0 Å². The molecule has 9 heteroatoms. The molecule has 0 N–H and O–H groups in total. The monoisotopic (exact) mass is 459 g/mol. The molecule has 1 rings (SSSR count). The minimum Gasteiger partial charge on any atom is -0.660 e. The maximum absolute atomic E-state index is 8.89. The van der Waals surface area contributed by atoms with Crippen molar-refractivity contribution in [1.29, 1.82) is 0 Å². The molecule has 0 saturated carbocycles. The average Bonchev–Trinajstić information content (AvgIpc) is 2.07. The first-order valence-corrected chi connectivity index (χ1v) is 3.36. The Labute approximate surface area is 132 Å². The number of hydrogen-bond donors (Lipinski definition) is 0. The molecule has 83 valence electrons. The van der Waals surface area contributed by atoms with Crippen molar-refractivity contribution >= 4 is 7.98 Å². The summed E-state index contributed by atoms with van der Waals surface area (Å²) in [6.07, 6.45) is 0. The molecule has 3 radical (unpaired) electrons. The molecule has 0 bridgehead atoms. The van der Waals surface area contributed by atoms with E-state index < -0.39 is 5.09 Å². The van der Waals surface area contributed by atoms with Crippen molar-refractivity contribution in [2.24, 2.45) is 0 Å². The summed E-state index contributed by atoms with van der Waals surface area (Å²) in [7, 11) is 7.89. The standard InChI is InChI=1S/C4H8BN2.CH2NO3.CH3.W.Y/c5-7-3-1-6-2-4-7;1-5-2(3)4;;;/h1-4H2;1H2;1H3;;/q3*-1;+2;. The van der Waals surface area contributed by atoms with Gasteiger partial charge in [0.25, 0.3) is 5.09 Å². The van der Waals surface area contributed by atoms with Crippen LogP contribution in [0.3, 0.4) is 0 Å². The first-order chi connectivity index (χ1) is 5.66. The molecule has 1 aliphatic heterocycles. The molecule has 6 nitrogen and oxygen atoms in total. The van der Waals surface area contributed by atoms with Gasteiger partial charge in [-0.05, 0) is 13.1 Å². The van der Waals surface area contributed by atoms with Crippen LogP contribution in [0, 0.1) is 24.7 Å². The van der Waals surface area contributed by atoms with Crippen LogP contribution >= 0.6 is 0 Å². The molecule has 0 aromatic heterocycles. The fraction of sp³-hybridized carbons (Fsp3) is 0.667. The molecule has 0 atom stereocenters. The number of nitrogens with zero attached hydrogens (tertiary/aromatic N) is 3. The third-order valence-corrected chi connectivity index (χ3v) is 1.20. The van der Waals surface area contributed by atoms with E-state index in [1.165, 1.54) is 0 Å². The van der Waals surface area contributed by atoms with Crippen molar-refractivity contribution in [3.05, 3.63) is 30.0 Å². The average molecular weight is 459 g/mol. The summed E-state index contributed by atoms with van der Waals surface area (Å²) >= 11 is 0.